The molecule has 0 aliphatic rings. The number of hydrogen-bond donors (Lipinski definition) is 1. The van der Waals surface area contributed by atoms with Gasteiger partial charge in [0.15, 0.2) is 0 Å². The van der Waals surface area contributed by atoms with Gasteiger partial charge in [0.2, 0.25) is 0 Å². The van der Waals surface area contributed by atoms with Crippen molar-refractivity contribution in [1.29, 1.82) is 0 Å². The molecule has 0 heterocycles. The number of rotatable bonds is 3. The van der Waals surface area contributed by atoms with E-state index in [0.717, 1.165) is 12.8 Å². The van der Waals surface area contributed by atoms with Gasteiger partial charge in [0.25, 0.3) is 0 Å². The van der Waals surface area contributed by atoms with Crippen molar-refractivity contribution in [2.75, 3.05) is 0 Å². The summed E-state index contributed by atoms with van der Waals surface area (Å²) in [5.41, 5.74) is 1.33. The Balaban J connectivity index is 2.95. The molecule has 0 saturated carbocycles. The van der Waals surface area contributed by atoms with Gasteiger partial charge < -0.3 is 0 Å². The van der Waals surface area contributed by atoms with Gasteiger partial charge in [-0.15, -0.1) is 0 Å². The van der Waals surface area contributed by atoms with Gasteiger partial charge in [-0.05, 0) is 18.4 Å². The number of benzene rings is 1. The Bertz CT molecular complexity index is 224. The molecule has 0 aromatic heterocycles. The molecule has 1 heteroatoms. The SMILES string of the molecule is CCC(S)(CC)c1ccccc1. The summed E-state index contributed by atoms with van der Waals surface area (Å²) in [4.78, 5) is 0. The van der Waals surface area contributed by atoms with Crippen LogP contribution in [0.3, 0.4) is 0 Å². The fourth-order valence-corrected chi connectivity index (χ4v) is 1.56. The van der Waals surface area contributed by atoms with Gasteiger partial charge >= 0.3 is 0 Å². The summed E-state index contributed by atoms with van der Waals surface area (Å²) >= 11 is 4.71. The smallest absolute Gasteiger partial charge is 0.0373 e. The van der Waals surface area contributed by atoms with Crippen molar-refractivity contribution in [3.63, 3.8) is 0 Å². The lowest BCUT2D eigenvalue weighted by molar-refractivity contribution is 0.585. The Kier molecular flexibility index (Phi) is 3.21. The molecule has 0 spiro atoms. The molecule has 0 atom stereocenters. The highest BCUT2D eigenvalue weighted by Crippen LogP contribution is 2.34. The van der Waals surface area contributed by atoms with E-state index in [1.165, 1.54) is 5.56 Å². The van der Waals surface area contributed by atoms with Crippen molar-refractivity contribution < 1.29 is 0 Å². The maximum atomic E-state index is 4.71. The summed E-state index contributed by atoms with van der Waals surface area (Å²) in [5, 5.41) is 0. The monoisotopic (exact) mass is 180 g/mol. The fraction of sp³-hybridized carbons (Fsp3) is 0.455. The molecule has 1 aromatic rings. The second kappa shape index (κ2) is 3.99. The molecular weight excluding hydrogens is 164 g/mol. The predicted octanol–water partition coefficient (Wildman–Crippen LogP) is 3.63. The Morgan fingerprint density at radius 2 is 1.58 bits per heavy atom. The largest absolute Gasteiger partial charge is 0.168 e. The summed E-state index contributed by atoms with van der Waals surface area (Å²) in [6.07, 6.45) is 2.16. The summed E-state index contributed by atoms with van der Waals surface area (Å²) in [7, 11) is 0. The molecule has 0 nitrogen and oxygen atoms in total. The first-order chi connectivity index (χ1) is 5.73. The van der Waals surface area contributed by atoms with Crippen LogP contribution in [0.4, 0.5) is 0 Å². The molecule has 66 valence electrons. The molecule has 0 unspecified atom stereocenters. The maximum absolute atomic E-state index is 4.71. The highest BCUT2D eigenvalue weighted by Gasteiger charge is 2.22. The molecular formula is C11H16S. The Morgan fingerprint density at radius 1 is 1.08 bits per heavy atom. The maximum Gasteiger partial charge on any atom is 0.0373 e. The van der Waals surface area contributed by atoms with Crippen molar-refractivity contribution >= 4 is 12.6 Å². The lowest BCUT2D eigenvalue weighted by Crippen LogP contribution is -2.15. The Morgan fingerprint density at radius 3 is 2.00 bits per heavy atom. The third-order valence-electron chi connectivity index (χ3n) is 2.48. The molecule has 0 fully saturated rings. The topological polar surface area (TPSA) is 0 Å². The Hall–Kier alpha value is -0.430. The third-order valence-corrected chi connectivity index (χ3v) is 3.37. The van der Waals surface area contributed by atoms with E-state index in [2.05, 4.69) is 38.1 Å². The van der Waals surface area contributed by atoms with E-state index in [1.54, 1.807) is 0 Å². The van der Waals surface area contributed by atoms with Gasteiger partial charge in [-0.3, -0.25) is 0 Å². The molecule has 0 aliphatic carbocycles. The van der Waals surface area contributed by atoms with Crippen molar-refractivity contribution in [3.8, 4) is 0 Å². The van der Waals surface area contributed by atoms with Crippen LogP contribution in [-0.2, 0) is 4.75 Å². The first kappa shape index (κ1) is 9.66. The molecule has 1 rings (SSSR count). The highest BCUT2D eigenvalue weighted by atomic mass is 32.1. The van der Waals surface area contributed by atoms with Crippen LogP contribution in [-0.4, -0.2) is 0 Å². The molecule has 0 bridgehead atoms. The van der Waals surface area contributed by atoms with E-state index in [0.29, 0.717) is 0 Å². The molecule has 1 aromatic carbocycles. The zero-order valence-corrected chi connectivity index (χ0v) is 8.64. The van der Waals surface area contributed by atoms with Crippen LogP contribution in [0.2, 0.25) is 0 Å². The summed E-state index contributed by atoms with van der Waals surface area (Å²) in [6, 6.07) is 10.5. The van der Waals surface area contributed by atoms with Crippen LogP contribution < -0.4 is 0 Å². The van der Waals surface area contributed by atoms with E-state index in [-0.39, 0.29) is 4.75 Å². The average molecular weight is 180 g/mol. The van der Waals surface area contributed by atoms with Gasteiger partial charge in [0.05, 0.1) is 0 Å². The average Bonchev–Trinajstić information content (AvgIpc) is 2.18. The van der Waals surface area contributed by atoms with Gasteiger partial charge in [0.1, 0.15) is 0 Å². The molecule has 12 heavy (non-hydrogen) atoms. The minimum atomic E-state index is 0.0707. The summed E-state index contributed by atoms with van der Waals surface area (Å²) in [5.74, 6) is 0. The number of hydrogen-bond acceptors (Lipinski definition) is 1. The predicted molar refractivity (Wildman–Crippen MR) is 57.7 cm³/mol. The van der Waals surface area contributed by atoms with Gasteiger partial charge in [-0.25, -0.2) is 0 Å². The Labute approximate surface area is 80.4 Å². The highest BCUT2D eigenvalue weighted by molar-refractivity contribution is 7.81. The van der Waals surface area contributed by atoms with E-state index in [4.69, 9.17) is 12.6 Å². The van der Waals surface area contributed by atoms with E-state index in [9.17, 15) is 0 Å². The second-order valence-electron chi connectivity index (χ2n) is 3.10. The molecule has 0 amide bonds. The van der Waals surface area contributed by atoms with Crippen molar-refractivity contribution in [2.24, 2.45) is 0 Å². The standard InChI is InChI=1S/C11H16S/c1-3-11(12,4-2)10-8-6-5-7-9-10/h5-9,12H,3-4H2,1-2H3. The van der Waals surface area contributed by atoms with Crippen LogP contribution in [0, 0.1) is 0 Å². The van der Waals surface area contributed by atoms with Crippen molar-refractivity contribution in [2.45, 2.75) is 31.4 Å². The van der Waals surface area contributed by atoms with Crippen LogP contribution in [0.15, 0.2) is 30.3 Å². The van der Waals surface area contributed by atoms with Gasteiger partial charge in [0, 0.05) is 4.75 Å². The minimum Gasteiger partial charge on any atom is -0.168 e. The van der Waals surface area contributed by atoms with E-state index >= 15 is 0 Å². The van der Waals surface area contributed by atoms with Crippen LogP contribution in [0.25, 0.3) is 0 Å². The van der Waals surface area contributed by atoms with Crippen molar-refractivity contribution in [1.82, 2.24) is 0 Å². The van der Waals surface area contributed by atoms with Crippen molar-refractivity contribution in [3.05, 3.63) is 35.9 Å². The number of thiol groups is 1. The minimum absolute atomic E-state index is 0.0707. The fourth-order valence-electron chi connectivity index (χ4n) is 1.41. The summed E-state index contributed by atoms with van der Waals surface area (Å²) in [6.45, 7) is 4.37. The third kappa shape index (κ3) is 1.84. The lowest BCUT2D eigenvalue weighted by atomic mass is 9.93. The van der Waals surface area contributed by atoms with Crippen LogP contribution in [0.5, 0.6) is 0 Å². The van der Waals surface area contributed by atoms with Crippen LogP contribution in [0.1, 0.15) is 32.3 Å². The normalized spacial score (nSPS) is 11.6. The van der Waals surface area contributed by atoms with Crippen LogP contribution >= 0.6 is 12.6 Å². The van der Waals surface area contributed by atoms with E-state index < -0.39 is 0 Å². The quantitative estimate of drug-likeness (QED) is 0.675. The lowest BCUT2D eigenvalue weighted by Gasteiger charge is -2.25. The first-order valence-corrected chi connectivity index (χ1v) is 4.95. The summed E-state index contributed by atoms with van der Waals surface area (Å²) < 4.78 is 0.0707. The molecule has 0 N–H and O–H groups in total. The van der Waals surface area contributed by atoms with Gasteiger partial charge in [-0.1, -0.05) is 44.2 Å². The zero-order valence-electron chi connectivity index (χ0n) is 7.75. The second-order valence-corrected chi connectivity index (χ2v) is 3.96. The zero-order chi connectivity index (χ0) is 9.03. The molecule has 0 radical (unpaired) electrons. The van der Waals surface area contributed by atoms with Gasteiger partial charge in [-0.2, -0.15) is 12.6 Å². The molecule has 0 aliphatic heterocycles. The molecule has 0 saturated heterocycles. The first-order valence-electron chi connectivity index (χ1n) is 4.51. The van der Waals surface area contributed by atoms with E-state index in [1.807, 2.05) is 6.07 Å².